The lowest BCUT2D eigenvalue weighted by Gasteiger charge is -2.32. The van der Waals surface area contributed by atoms with E-state index in [1.54, 1.807) is 9.58 Å². The number of carbonyl (C=O) groups excluding carboxylic acids is 1. The van der Waals surface area contributed by atoms with Crippen molar-refractivity contribution in [3.8, 4) is 17.0 Å². The van der Waals surface area contributed by atoms with Gasteiger partial charge in [0.2, 0.25) is 11.1 Å². The number of aromatic amines is 1. The summed E-state index contributed by atoms with van der Waals surface area (Å²) in [5, 5.41) is 7.95. The average molecular weight is 584 g/mol. The highest BCUT2D eigenvalue weighted by Gasteiger charge is 2.46. The lowest BCUT2D eigenvalue weighted by Crippen LogP contribution is -2.60. The van der Waals surface area contributed by atoms with Gasteiger partial charge in [0.05, 0.1) is 23.4 Å². The molecular weight excluding hydrogens is 556 g/mol. The average Bonchev–Trinajstić information content (AvgIpc) is 2.98. The quantitative estimate of drug-likeness (QED) is 0.174. The number of nitrogens with zero attached hydrogens (tertiary/aromatic N) is 3. The van der Waals surface area contributed by atoms with Crippen LogP contribution in [0.4, 0.5) is 5.69 Å². The number of halogens is 1. The molecule has 0 aliphatic carbocycles. The Hall–Kier alpha value is -4.14. The van der Waals surface area contributed by atoms with E-state index in [9.17, 15) is 9.59 Å². The van der Waals surface area contributed by atoms with Gasteiger partial charge in [0.25, 0.3) is 6.17 Å². The Bertz CT molecular complexity index is 1840. The number of nitrogens with one attached hydrogen (secondary N) is 1. The van der Waals surface area contributed by atoms with Crippen molar-refractivity contribution in [1.29, 1.82) is 0 Å². The molecule has 5 aromatic rings. The molecule has 4 aromatic carbocycles. The molecule has 1 aromatic heterocycles. The summed E-state index contributed by atoms with van der Waals surface area (Å²) in [5.74, 6) is 0.980. The first-order valence-corrected chi connectivity index (χ1v) is 14.8. The normalized spacial score (nSPS) is 14.0. The van der Waals surface area contributed by atoms with Crippen LogP contribution < -0.4 is 19.9 Å². The molecule has 6 rings (SSSR count). The second kappa shape index (κ2) is 11.4. The second-order valence-electron chi connectivity index (χ2n) is 9.76. The number of para-hydroxylation sites is 1. The van der Waals surface area contributed by atoms with Gasteiger partial charge in [0.15, 0.2) is 0 Å². The Morgan fingerprint density at radius 1 is 1.05 bits per heavy atom. The fraction of sp³-hybridized carbons (Fsp3) is 0.188. The van der Waals surface area contributed by atoms with E-state index in [1.165, 1.54) is 18.7 Å². The van der Waals surface area contributed by atoms with Crippen molar-refractivity contribution in [2.24, 2.45) is 0 Å². The van der Waals surface area contributed by atoms with Gasteiger partial charge in [-0.15, -0.1) is 0 Å². The zero-order valence-electron chi connectivity index (χ0n) is 22.6. The van der Waals surface area contributed by atoms with Gasteiger partial charge in [0, 0.05) is 22.8 Å². The van der Waals surface area contributed by atoms with E-state index in [0.29, 0.717) is 45.2 Å². The van der Waals surface area contributed by atoms with Crippen molar-refractivity contribution in [3.63, 3.8) is 0 Å². The molecule has 9 heteroatoms. The Labute approximate surface area is 246 Å². The highest BCUT2D eigenvalue weighted by molar-refractivity contribution is 7.98. The minimum Gasteiger partial charge on any atom is -0.493 e. The number of hydrogen-bond donors (Lipinski definition) is 1. The summed E-state index contributed by atoms with van der Waals surface area (Å²) in [6, 6.07) is 27.0. The summed E-state index contributed by atoms with van der Waals surface area (Å²) in [7, 11) is 0. The highest BCUT2D eigenvalue weighted by atomic mass is 35.5. The maximum atomic E-state index is 13.8. The molecule has 206 valence electrons. The van der Waals surface area contributed by atoms with Crippen LogP contribution in [0.15, 0.2) is 94.9 Å². The number of rotatable bonds is 7. The van der Waals surface area contributed by atoms with Crippen molar-refractivity contribution >= 4 is 45.7 Å². The second-order valence-corrected chi connectivity index (χ2v) is 11.1. The van der Waals surface area contributed by atoms with Gasteiger partial charge in [-0.2, -0.15) is 0 Å². The molecule has 0 bridgehead atoms. The van der Waals surface area contributed by atoms with Crippen LogP contribution in [0.2, 0.25) is 5.02 Å². The molecule has 1 N–H and O–H groups in total. The van der Waals surface area contributed by atoms with E-state index in [4.69, 9.17) is 21.4 Å². The molecule has 1 amide bonds. The number of aromatic nitrogens is 3. The maximum absolute atomic E-state index is 13.8. The largest absolute Gasteiger partial charge is 0.493 e. The minimum atomic E-state index is -0.766. The number of amides is 1. The van der Waals surface area contributed by atoms with Crippen molar-refractivity contribution in [3.05, 3.63) is 111 Å². The fourth-order valence-electron chi connectivity index (χ4n) is 5.28. The Kier molecular flexibility index (Phi) is 7.51. The zero-order valence-corrected chi connectivity index (χ0v) is 24.2. The van der Waals surface area contributed by atoms with E-state index >= 15 is 0 Å². The molecule has 1 atom stereocenters. The summed E-state index contributed by atoms with van der Waals surface area (Å²) in [6.45, 7) is 4.09. The first kappa shape index (κ1) is 27.1. The van der Waals surface area contributed by atoms with Crippen LogP contribution in [-0.2, 0) is 10.5 Å². The molecule has 7 nitrogen and oxygen atoms in total. The number of H-pyrrole nitrogens is 1. The van der Waals surface area contributed by atoms with Gasteiger partial charge in [-0.3, -0.25) is 14.6 Å². The number of fused-ring (bicyclic) bond motifs is 4. The van der Waals surface area contributed by atoms with E-state index in [2.05, 4.69) is 4.98 Å². The first-order chi connectivity index (χ1) is 20.0. The van der Waals surface area contributed by atoms with Crippen LogP contribution in [0.1, 0.15) is 37.6 Å². The number of hydrogen-bond acceptors (Lipinski definition) is 5. The predicted molar refractivity (Wildman–Crippen MR) is 163 cm³/mol. The summed E-state index contributed by atoms with van der Waals surface area (Å²) in [6.07, 6.45) is 0.0537. The molecule has 0 saturated carbocycles. The van der Waals surface area contributed by atoms with Crippen LogP contribution in [0, 0.1) is 0 Å². The third-order valence-corrected chi connectivity index (χ3v) is 8.35. The fourth-order valence-corrected chi connectivity index (χ4v) is 6.42. The van der Waals surface area contributed by atoms with Gasteiger partial charge in [0.1, 0.15) is 5.75 Å². The third-order valence-electron chi connectivity index (χ3n) is 7.07. The molecule has 1 aliphatic heterocycles. The molecule has 0 saturated heterocycles. The Balaban J connectivity index is 1.61. The molecule has 0 fully saturated rings. The highest BCUT2D eigenvalue weighted by Crippen LogP contribution is 2.42. The van der Waals surface area contributed by atoms with E-state index < -0.39 is 6.17 Å². The summed E-state index contributed by atoms with van der Waals surface area (Å²) in [4.78, 5) is 32.0. The smallest absolute Gasteiger partial charge is 0.325 e. The number of thioether (sulfide) groups is 1. The maximum Gasteiger partial charge on any atom is 0.325 e. The lowest BCUT2D eigenvalue weighted by molar-refractivity contribution is -0.763. The SMILES string of the molecule is CCCOc1ccc2ccccc2c1[C@H]1N(C(C)=O)c2ccccc2-c2c(=O)[nH]c(SCc3ccccc3Cl)n[n+]21. The topological polar surface area (TPSA) is 79.2 Å². The van der Waals surface area contributed by atoms with E-state index in [-0.39, 0.29) is 11.5 Å². The minimum absolute atomic E-state index is 0.178. The van der Waals surface area contributed by atoms with Crippen LogP contribution in [0.3, 0.4) is 0 Å². The Morgan fingerprint density at radius 3 is 2.61 bits per heavy atom. The molecule has 0 spiro atoms. The number of benzene rings is 4. The van der Waals surface area contributed by atoms with Gasteiger partial charge in [-0.25, -0.2) is 4.90 Å². The van der Waals surface area contributed by atoms with Gasteiger partial charge < -0.3 is 4.74 Å². The van der Waals surface area contributed by atoms with Crippen LogP contribution in [0.5, 0.6) is 5.75 Å². The molecule has 0 radical (unpaired) electrons. The van der Waals surface area contributed by atoms with Crippen molar-refractivity contribution < 1.29 is 14.2 Å². The number of ether oxygens (including phenoxy) is 1. The predicted octanol–water partition coefficient (Wildman–Crippen LogP) is 6.53. The van der Waals surface area contributed by atoms with E-state index in [1.807, 2.05) is 91.9 Å². The van der Waals surface area contributed by atoms with Crippen molar-refractivity contribution in [2.75, 3.05) is 11.5 Å². The van der Waals surface area contributed by atoms with Gasteiger partial charge in [-0.05, 0) is 51.7 Å². The van der Waals surface area contributed by atoms with Crippen LogP contribution in [-0.4, -0.2) is 22.6 Å². The van der Waals surface area contributed by atoms with Crippen LogP contribution in [0.25, 0.3) is 22.0 Å². The van der Waals surface area contributed by atoms with Crippen LogP contribution >= 0.6 is 23.4 Å². The third kappa shape index (κ3) is 4.98. The molecule has 1 aliphatic rings. The summed E-state index contributed by atoms with van der Waals surface area (Å²) in [5.41, 5.74) is 3.06. The Morgan fingerprint density at radius 2 is 1.80 bits per heavy atom. The zero-order chi connectivity index (χ0) is 28.5. The lowest BCUT2D eigenvalue weighted by atomic mass is 9.96. The molecule has 2 heterocycles. The molecule has 41 heavy (non-hydrogen) atoms. The van der Waals surface area contributed by atoms with Crippen molar-refractivity contribution in [1.82, 2.24) is 10.1 Å². The molecular formula is C32H28ClN4O3S+. The van der Waals surface area contributed by atoms with Gasteiger partial charge >= 0.3 is 11.3 Å². The summed E-state index contributed by atoms with van der Waals surface area (Å²) >= 11 is 7.77. The molecule has 0 unspecified atom stereocenters. The number of anilines is 1. The van der Waals surface area contributed by atoms with E-state index in [0.717, 1.165) is 28.3 Å². The summed E-state index contributed by atoms with van der Waals surface area (Å²) < 4.78 is 7.95. The number of carbonyl (C=O) groups is 1. The van der Waals surface area contributed by atoms with Crippen molar-refractivity contribution in [2.45, 2.75) is 37.3 Å². The standard InChI is InChI=1S/C32H27ClN4O3S/c1-3-18-40-27-17-16-21-10-4-6-12-23(21)28(27)31-36(20(2)38)26-15-9-7-13-24(26)29-30(39)34-32(35-37(29)31)41-19-22-11-5-8-14-25(22)33/h4-17,31H,3,18-19H2,1-2H3/p+1/t31-/m0/s1. The monoisotopic (exact) mass is 583 g/mol. The first-order valence-electron chi connectivity index (χ1n) is 13.4. The van der Waals surface area contributed by atoms with Gasteiger partial charge in [-0.1, -0.05) is 91.0 Å².